The van der Waals surface area contributed by atoms with Gasteiger partial charge in [-0.3, -0.25) is 4.79 Å². The van der Waals surface area contributed by atoms with Gasteiger partial charge in [-0.05, 0) is 43.2 Å². The second-order valence-corrected chi connectivity index (χ2v) is 7.17. The lowest BCUT2D eigenvalue weighted by Gasteiger charge is -2.07. The minimum absolute atomic E-state index is 0.353. The highest BCUT2D eigenvalue weighted by molar-refractivity contribution is 7.16. The molecule has 0 atom stereocenters. The van der Waals surface area contributed by atoms with Gasteiger partial charge in [0.2, 0.25) is 0 Å². The van der Waals surface area contributed by atoms with Crippen molar-refractivity contribution in [1.29, 1.82) is 0 Å². The second-order valence-electron chi connectivity index (χ2n) is 6.20. The summed E-state index contributed by atoms with van der Waals surface area (Å²) in [5.74, 6) is 0.706. The van der Waals surface area contributed by atoms with Crippen LogP contribution in [0.3, 0.4) is 0 Å². The fourth-order valence-electron chi connectivity index (χ4n) is 3.03. The Morgan fingerprint density at radius 2 is 2.00 bits per heavy atom. The van der Waals surface area contributed by atoms with Crippen molar-refractivity contribution >= 4 is 27.5 Å². The average molecular weight is 382 g/mol. The van der Waals surface area contributed by atoms with Crippen LogP contribution in [0.4, 0.5) is 0 Å². The number of carbonyl (C=O) groups excluding carboxylic acids is 1. The van der Waals surface area contributed by atoms with Crippen LogP contribution >= 0.6 is 11.3 Å². The first kappa shape index (κ1) is 18.9. The van der Waals surface area contributed by atoms with Crippen molar-refractivity contribution in [3.05, 3.63) is 64.5 Å². The molecule has 2 aromatic carbocycles. The van der Waals surface area contributed by atoms with Gasteiger partial charge in [-0.15, -0.1) is 6.58 Å². The van der Waals surface area contributed by atoms with Crippen LogP contribution in [0, 0.1) is 13.8 Å². The molecule has 0 aliphatic carbocycles. The highest BCUT2D eigenvalue weighted by Crippen LogP contribution is 2.26. The van der Waals surface area contributed by atoms with Gasteiger partial charge < -0.3 is 14.0 Å². The van der Waals surface area contributed by atoms with Crippen molar-refractivity contribution in [3.63, 3.8) is 0 Å². The number of benzene rings is 2. The third-order valence-electron chi connectivity index (χ3n) is 4.26. The van der Waals surface area contributed by atoms with Crippen LogP contribution in [0.15, 0.2) is 48.0 Å². The van der Waals surface area contributed by atoms with Crippen LogP contribution in [0.25, 0.3) is 10.2 Å². The minimum Gasteiger partial charge on any atom is -0.497 e. The number of carbonyl (C=O) groups is 1. The van der Waals surface area contributed by atoms with E-state index in [1.54, 1.807) is 31.4 Å². The van der Waals surface area contributed by atoms with Gasteiger partial charge in [-0.25, -0.2) is 0 Å². The number of amides is 1. The molecule has 0 aliphatic rings. The number of fused-ring (bicyclic) bond motifs is 1. The molecule has 0 saturated carbocycles. The van der Waals surface area contributed by atoms with Crippen molar-refractivity contribution in [3.8, 4) is 11.5 Å². The summed E-state index contributed by atoms with van der Waals surface area (Å²) in [6, 6.07) is 9.32. The Labute approximate surface area is 162 Å². The molecule has 27 heavy (non-hydrogen) atoms. The molecule has 0 unspecified atom stereocenters. The van der Waals surface area contributed by atoms with E-state index in [4.69, 9.17) is 9.47 Å². The van der Waals surface area contributed by atoms with E-state index in [0.717, 1.165) is 10.2 Å². The lowest BCUT2D eigenvalue weighted by Crippen LogP contribution is -2.16. The Hall–Kier alpha value is -2.86. The highest BCUT2D eigenvalue weighted by atomic mass is 32.1. The SMILES string of the molecule is C=CCn1c(=NC(=O)c2ccc(OC)cc2OC)sc2c(C)cc(C)cc21. The molecule has 0 fully saturated rings. The van der Waals surface area contributed by atoms with Gasteiger partial charge in [0.15, 0.2) is 4.80 Å². The van der Waals surface area contributed by atoms with Crippen molar-refractivity contribution < 1.29 is 14.3 Å². The van der Waals surface area contributed by atoms with Crippen LogP contribution < -0.4 is 14.3 Å². The molecule has 0 bridgehead atoms. The van der Waals surface area contributed by atoms with E-state index in [9.17, 15) is 4.79 Å². The predicted molar refractivity (Wildman–Crippen MR) is 109 cm³/mol. The lowest BCUT2D eigenvalue weighted by atomic mass is 10.1. The van der Waals surface area contributed by atoms with Crippen molar-refractivity contribution in [2.24, 2.45) is 4.99 Å². The summed E-state index contributed by atoms with van der Waals surface area (Å²) >= 11 is 1.51. The van der Waals surface area contributed by atoms with E-state index in [0.29, 0.717) is 28.4 Å². The van der Waals surface area contributed by atoms with Crippen LogP contribution in [-0.4, -0.2) is 24.7 Å². The molecule has 0 saturated heterocycles. The first-order valence-electron chi connectivity index (χ1n) is 8.51. The average Bonchev–Trinajstić information content (AvgIpc) is 2.99. The van der Waals surface area contributed by atoms with Gasteiger partial charge in [-0.2, -0.15) is 4.99 Å². The van der Waals surface area contributed by atoms with Gasteiger partial charge in [0.1, 0.15) is 11.5 Å². The molecule has 5 nitrogen and oxygen atoms in total. The third kappa shape index (κ3) is 3.66. The van der Waals surface area contributed by atoms with Gasteiger partial charge in [0.05, 0.1) is 30.0 Å². The van der Waals surface area contributed by atoms with Crippen LogP contribution in [0.5, 0.6) is 11.5 Å². The first-order valence-corrected chi connectivity index (χ1v) is 9.32. The number of aromatic nitrogens is 1. The molecular weight excluding hydrogens is 360 g/mol. The number of aryl methyl sites for hydroxylation is 2. The van der Waals surface area contributed by atoms with E-state index in [1.165, 1.54) is 29.6 Å². The molecule has 0 aliphatic heterocycles. The molecule has 6 heteroatoms. The minimum atomic E-state index is -0.353. The lowest BCUT2D eigenvalue weighted by molar-refractivity contribution is 0.0995. The molecule has 3 rings (SSSR count). The Bertz CT molecular complexity index is 1090. The number of hydrogen-bond acceptors (Lipinski definition) is 4. The maximum absolute atomic E-state index is 12.9. The zero-order valence-corrected chi connectivity index (χ0v) is 16.7. The largest absolute Gasteiger partial charge is 0.497 e. The predicted octanol–water partition coefficient (Wildman–Crippen LogP) is 4.26. The Morgan fingerprint density at radius 1 is 1.22 bits per heavy atom. The summed E-state index contributed by atoms with van der Waals surface area (Å²) in [4.78, 5) is 17.9. The number of methoxy groups -OCH3 is 2. The van der Waals surface area contributed by atoms with E-state index in [-0.39, 0.29) is 5.91 Å². The van der Waals surface area contributed by atoms with Crippen molar-refractivity contribution in [1.82, 2.24) is 4.57 Å². The molecule has 3 aromatic rings. The third-order valence-corrected chi connectivity index (χ3v) is 5.49. The number of nitrogens with zero attached hydrogens (tertiary/aromatic N) is 2. The molecular formula is C21H22N2O3S. The number of thiazole rings is 1. The quantitative estimate of drug-likeness (QED) is 0.620. The molecule has 0 radical (unpaired) electrons. The first-order chi connectivity index (χ1) is 13.0. The van der Waals surface area contributed by atoms with E-state index in [1.807, 2.05) is 4.57 Å². The fraction of sp³-hybridized carbons (Fsp3) is 0.238. The monoisotopic (exact) mass is 382 g/mol. The maximum atomic E-state index is 12.9. The summed E-state index contributed by atoms with van der Waals surface area (Å²) < 4.78 is 13.7. The Kier molecular flexibility index (Phi) is 5.46. The molecule has 140 valence electrons. The number of ether oxygens (including phenoxy) is 2. The van der Waals surface area contributed by atoms with Gasteiger partial charge >= 0.3 is 0 Å². The highest BCUT2D eigenvalue weighted by Gasteiger charge is 2.15. The molecule has 1 heterocycles. The van der Waals surface area contributed by atoms with Crippen molar-refractivity contribution in [2.75, 3.05) is 14.2 Å². The Morgan fingerprint density at radius 3 is 2.67 bits per heavy atom. The molecule has 1 amide bonds. The molecule has 0 spiro atoms. The van der Waals surface area contributed by atoms with E-state index in [2.05, 4.69) is 37.6 Å². The van der Waals surface area contributed by atoms with E-state index >= 15 is 0 Å². The zero-order valence-electron chi connectivity index (χ0n) is 15.9. The van der Waals surface area contributed by atoms with Crippen LogP contribution in [-0.2, 0) is 6.54 Å². The topological polar surface area (TPSA) is 52.8 Å². The fourth-order valence-corrected chi connectivity index (χ4v) is 4.11. The number of rotatable bonds is 5. The summed E-state index contributed by atoms with van der Waals surface area (Å²) in [6.07, 6.45) is 1.81. The summed E-state index contributed by atoms with van der Waals surface area (Å²) in [6.45, 7) is 8.55. The molecule has 0 N–H and O–H groups in total. The van der Waals surface area contributed by atoms with Gasteiger partial charge in [0, 0.05) is 12.6 Å². The summed E-state index contributed by atoms with van der Waals surface area (Å²) in [7, 11) is 3.09. The summed E-state index contributed by atoms with van der Waals surface area (Å²) in [5, 5.41) is 0. The smallest absolute Gasteiger partial charge is 0.283 e. The number of allylic oxidation sites excluding steroid dienone is 1. The maximum Gasteiger partial charge on any atom is 0.283 e. The second kappa shape index (κ2) is 7.80. The normalized spacial score (nSPS) is 11.6. The standard InChI is InChI=1S/C21H22N2O3S/c1-6-9-23-17-11-13(2)10-14(3)19(17)27-21(23)22-20(24)16-8-7-15(25-4)12-18(16)26-5/h6-8,10-12H,1,9H2,2-5H3. The van der Waals surface area contributed by atoms with Gasteiger partial charge in [-0.1, -0.05) is 23.5 Å². The Balaban J connectivity index is 2.18. The molecule has 1 aromatic heterocycles. The van der Waals surface area contributed by atoms with Crippen molar-refractivity contribution in [2.45, 2.75) is 20.4 Å². The van der Waals surface area contributed by atoms with E-state index < -0.39 is 0 Å². The summed E-state index contributed by atoms with van der Waals surface area (Å²) in [5.41, 5.74) is 3.80. The van der Waals surface area contributed by atoms with Crippen LogP contribution in [0.2, 0.25) is 0 Å². The zero-order chi connectivity index (χ0) is 19.6. The van der Waals surface area contributed by atoms with Crippen LogP contribution in [0.1, 0.15) is 21.5 Å². The number of hydrogen-bond donors (Lipinski definition) is 0. The van der Waals surface area contributed by atoms with Gasteiger partial charge in [0.25, 0.3) is 5.91 Å².